The molecule has 1 saturated heterocycles. The number of hydrogen-bond acceptors (Lipinski definition) is 8. The summed E-state index contributed by atoms with van der Waals surface area (Å²) < 4.78 is 41.1. The van der Waals surface area contributed by atoms with Crippen molar-refractivity contribution in [3.63, 3.8) is 0 Å². The highest BCUT2D eigenvalue weighted by Crippen LogP contribution is 2.29. The van der Waals surface area contributed by atoms with Crippen LogP contribution in [0.4, 0.5) is 5.95 Å². The maximum absolute atomic E-state index is 12.1. The molecule has 1 unspecified atom stereocenters. The fourth-order valence-electron chi connectivity index (χ4n) is 2.53. The van der Waals surface area contributed by atoms with Crippen molar-refractivity contribution in [1.29, 1.82) is 0 Å². The maximum Gasteiger partial charge on any atom is 0.280 e. The summed E-state index contributed by atoms with van der Waals surface area (Å²) in [6.07, 6.45) is 0.344. The number of nitrogens with one attached hydrogen (secondary N) is 3. The normalized spacial score (nSPS) is 20.8. The second-order valence-corrected chi connectivity index (χ2v) is 7.26. The van der Waals surface area contributed by atoms with Crippen molar-refractivity contribution in [1.82, 2.24) is 24.2 Å². The number of carbonyl (C=O) groups excluding carboxylic acids is 1. The number of hydrogen-bond donors (Lipinski definition) is 3. The van der Waals surface area contributed by atoms with Gasteiger partial charge in [0.1, 0.15) is 12.5 Å². The van der Waals surface area contributed by atoms with Gasteiger partial charge in [0.05, 0.1) is 6.33 Å². The third-order valence-electron chi connectivity index (χ3n) is 3.78. The molecule has 0 aliphatic carbocycles. The summed E-state index contributed by atoms with van der Waals surface area (Å²) >= 11 is 0. The minimum atomic E-state index is -4.65. The summed E-state index contributed by atoms with van der Waals surface area (Å²) in [7, 11) is -4.65. The van der Waals surface area contributed by atoms with E-state index in [1.807, 2.05) is 4.72 Å². The number of imidazole rings is 1. The van der Waals surface area contributed by atoms with Gasteiger partial charge in [0, 0.05) is 5.92 Å². The number of nitrogens with zero attached hydrogens (tertiary/aromatic N) is 3. The molecule has 26 heavy (non-hydrogen) atoms. The zero-order valence-electron chi connectivity index (χ0n) is 13.9. The van der Waals surface area contributed by atoms with Crippen molar-refractivity contribution in [3.05, 3.63) is 16.7 Å². The summed E-state index contributed by atoms with van der Waals surface area (Å²) in [5, 5.41) is 2.50. The van der Waals surface area contributed by atoms with Crippen molar-refractivity contribution in [2.45, 2.75) is 39.1 Å². The molecule has 3 heterocycles. The number of aromatic amines is 1. The van der Waals surface area contributed by atoms with Crippen LogP contribution in [0.3, 0.4) is 0 Å². The molecule has 142 valence electrons. The van der Waals surface area contributed by atoms with E-state index < -0.39 is 28.3 Å². The fourth-order valence-corrected chi connectivity index (χ4v) is 3.02. The van der Waals surface area contributed by atoms with Gasteiger partial charge in [-0.1, -0.05) is 13.8 Å². The van der Waals surface area contributed by atoms with E-state index in [1.54, 1.807) is 13.8 Å². The molecule has 0 aromatic carbocycles. The Labute approximate surface area is 147 Å². The molecule has 2 atom stereocenters. The van der Waals surface area contributed by atoms with E-state index in [4.69, 9.17) is 4.74 Å². The Morgan fingerprint density at radius 3 is 2.85 bits per heavy atom. The van der Waals surface area contributed by atoms with Gasteiger partial charge in [0.15, 0.2) is 21.5 Å². The van der Waals surface area contributed by atoms with Crippen LogP contribution in [0, 0.1) is 5.92 Å². The second-order valence-electron chi connectivity index (χ2n) is 6.11. The molecule has 0 radical (unpaired) electrons. The van der Waals surface area contributed by atoms with Crippen molar-refractivity contribution in [2.24, 2.45) is 5.92 Å². The van der Waals surface area contributed by atoms with Gasteiger partial charge in [-0.2, -0.15) is 9.71 Å². The van der Waals surface area contributed by atoms with Gasteiger partial charge in [-0.15, -0.1) is 0 Å². The van der Waals surface area contributed by atoms with Crippen LogP contribution in [0.2, 0.25) is 0 Å². The first kappa shape index (κ1) is 18.4. The summed E-state index contributed by atoms with van der Waals surface area (Å²) in [5.74, 6) is -0.654. The third kappa shape index (κ3) is 3.90. The van der Waals surface area contributed by atoms with Crippen molar-refractivity contribution in [2.75, 3.05) is 5.32 Å². The predicted molar refractivity (Wildman–Crippen MR) is 87.6 cm³/mol. The standard InChI is InChI=1S/C13H18N6O6S/c1-6(2)11(20)16-13-15-10-9(12(21)17-13)14-5-19(10)8-4-3-7(25-8)18-26(22,23)24/h5-8,18H,3-4H2,1-2H3,(H,22,23,24)(H2,15,16,17,20,21)/p-1/t7?,8-/m1/s1. The average molecular weight is 385 g/mol. The van der Waals surface area contributed by atoms with Gasteiger partial charge in [0.25, 0.3) is 5.56 Å². The van der Waals surface area contributed by atoms with Crippen molar-refractivity contribution >= 4 is 33.3 Å². The lowest BCUT2D eigenvalue weighted by molar-refractivity contribution is -0.118. The monoisotopic (exact) mass is 385 g/mol. The number of fused-ring (bicyclic) bond motifs is 1. The average Bonchev–Trinajstić information content (AvgIpc) is 3.12. The summed E-state index contributed by atoms with van der Waals surface area (Å²) in [4.78, 5) is 34.5. The van der Waals surface area contributed by atoms with Crippen molar-refractivity contribution in [3.8, 4) is 0 Å². The van der Waals surface area contributed by atoms with E-state index in [9.17, 15) is 22.6 Å². The van der Waals surface area contributed by atoms with Crippen LogP contribution < -0.4 is 15.6 Å². The number of rotatable bonds is 5. The minimum absolute atomic E-state index is 0.0299. The van der Waals surface area contributed by atoms with Gasteiger partial charge >= 0.3 is 0 Å². The van der Waals surface area contributed by atoms with E-state index in [0.717, 1.165) is 0 Å². The summed E-state index contributed by atoms with van der Waals surface area (Å²) in [6.45, 7) is 3.39. The molecule has 2 aromatic rings. The first-order valence-corrected chi connectivity index (χ1v) is 9.21. The van der Waals surface area contributed by atoms with E-state index in [0.29, 0.717) is 6.42 Å². The Morgan fingerprint density at radius 1 is 1.46 bits per heavy atom. The zero-order valence-corrected chi connectivity index (χ0v) is 14.7. The molecular formula is C13H17N6O6S-. The van der Waals surface area contributed by atoms with Gasteiger partial charge in [-0.25, -0.2) is 13.4 Å². The molecule has 1 aliphatic rings. The van der Waals surface area contributed by atoms with E-state index in [2.05, 4.69) is 20.3 Å². The van der Waals surface area contributed by atoms with Gasteiger partial charge in [-0.05, 0) is 12.8 Å². The molecule has 3 rings (SSSR count). The van der Waals surface area contributed by atoms with Gasteiger partial charge in [0.2, 0.25) is 11.9 Å². The maximum atomic E-state index is 12.1. The van der Waals surface area contributed by atoms with Crippen molar-refractivity contribution < 1.29 is 22.5 Å². The SMILES string of the molecule is CC(C)C(=O)Nc1nc2c(ncn2[C@H]2CCC(NS(=O)(=O)[O-])O2)c(=O)[nH]1. The molecule has 1 aliphatic heterocycles. The van der Waals surface area contributed by atoms with Crippen LogP contribution in [0.1, 0.15) is 32.9 Å². The van der Waals surface area contributed by atoms with Crippen LogP contribution in [-0.2, 0) is 19.8 Å². The second kappa shape index (κ2) is 6.75. The van der Waals surface area contributed by atoms with Crippen LogP contribution in [0.5, 0.6) is 0 Å². The number of carbonyl (C=O) groups is 1. The van der Waals surface area contributed by atoms with E-state index in [1.165, 1.54) is 10.9 Å². The number of anilines is 1. The molecule has 3 N–H and O–H groups in total. The Morgan fingerprint density at radius 2 is 2.19 bits per heavy atom. The Bertz CT molecular complexity index is 996. The molecule has 12 nitrogen and oxygen atoms in total. The topological polar surface area (TPSA) is 171 Å². The Balaban J connectivity index is 1.89. The first-order chi connectivity index (χ1) is 12.1. The van der Waals surface area contributed by atoms with Crippen LogP contribution in [-0.4, -0.2) is 44.6 Å². The highest BCUT2D eigenvalue weighted by Gasteiger charge is 2.29. The summed E-state index contributed by atoms with van der Waals surface area (Å²) in [5.41, 5.74) is -0.324. The largest absolute Gasteiger partial charge is 0.735 e. The molecule has 0 bridgehead atoms. The Hall–Kier alpha value is -2.35. The quantitative estimate of drug-likeness (QED) is 0.572. The van der Waals surface area contributed by atoms with Crippen LogP contribution >= 0.6 is 0 Å². The highest BCUT2D eigenvalue weighted by atomic mass is 32.2. The lowest BCUT2D eigenvalue weighted by Crippen LogP contribution is -2.34. The van der Waals surface area contributed by atoms with Crippen LogP contribution in [0.15, 0.2) is 11.1 Å². The van der Waals surface area contributed by atoms with Gasteiger partial charge < -0.3 is 9.29 Å². The molecular weight excluding hydrogens is 368 g/mol. The smallest absolute Gasteiger partial charge is 0.280 e. The summed E-state index contributed by atoms with van der Waals surface area (Å²) in [6, 6.07) is 0. The number of amides is 1. The zero-order chi connectivity index (χ0) is 19.1. The third-order valence-corrected chi connectivity index (χ3v) is 4.33. The number of aromatic nitrogens is 4. The molecule has 2 aromatic heterocycles. The molecule has 1 fully saturated rings. The van der Waals surface area contributed by atoms with Crippen LogP contribution in [0.25, 0.3) is 11.2 Å². The lowest BCUT2D eigenvalue weighted by Gasteiger charge is -2.17. The molecule has 1 amide bonds. The number of H-pyrrole nitrogens is 1. The first-order valence-electron chi connectivity index (χ1n) is 7.80. The minimum Gasteiger partial charge on any atom is -0.735 e. The predicted octanol–water partition coefficient (Wildman–Crippen LogP) is -0.601. The number of ether oxygens (including phenoxy) is 1. The molecule has 13 heteroatoms. The fraction of sp³-hybridized carbons (Fsp3) is 0.538. The van der Waals surface area contributed by atoms with Gasteiger partial charge in [-0.3, -0.25) is 24.5 Å². The molecule has 0 saturated carbocycles. The molecule has 0 spiro atoms. The van der Waals surface area contributed by atoms with E-state index >= 15 is 0 Å². The highest BCUT2D eigenvalue weighted by molar-refractivity contribution is 7.83. The van der Waals surface area contributed by atoms with E-state index in [-0.39, 0.29) is 35.4 Å². The lowest BCUT2D eigenvalue weighted by atomic mass is 10.2. The Kier molecular flexibility index (Phi) is 4.79.